The highest BCUT2D eigenvalue weighted by Gasteiger charge is 2.41. The molecule has 1 saturated carbocycles. The predicted octanol–water partition coefficient (Wildman–Crippen LogP) is 0.857. The molecule has 3 nitrogen and oxygen atoms in total. The van der Waals surface area contributed by atoms with E-state index in [2.05, 4.69) is 6.92 Å². The van der Waals surface area contributed by atoms with Gasteiger partial charge in [0.2, 0.25) is 0 Å². The van der Waals surface area contributed by atoms with Gasteiger partial charge in [-0.2, -0.15) is 5.06 Å². The topological polar surface area (TPSA) is 43.7 Å². The van der Waals surface area contributed by atoms with Crippen LogP contribution in [0.4, 0.5) is 0 Å². The maximum Gasteiger partial charge on any atom is 0.0724 e. The van der Waals surface area contributed by atoms with E-state index in [4.69, 9.17) is 0 Å². The smallest absolute Gasteiger partial charge is 0.0724 e. The highest BCUT2D eigenvalue weighted by Crippen LogP contribution is 2.33. The van der Waals surface area contributed by atoms with Crippen LogP contribution in [0.5, 0.6) is 0 Å². The zero-order valence-electron chi connectivity index (χ0n) is 7.20. The Bertz CT molecular complexity index is 123. The van der Waals surface area contributed by atoms with Crippen LogP contribution in [-0.2, 0) is 0 Å². The molecule has 0 aromatic rings. The van der Waals surface area contributed by atoms with E-state index in [-0.39, 0.29) is 12.1 Å². The molecule has 0 aromatic heterocycles. The summed E-state index contributed by atoms with van der Waals surface area (Å²) in [6, 6.07) is -0.00926. The molecule has 0 saturated heterocycles. The minimum atomic E-state index is -0.315. The van der Waals surface area contributed by atoms with Gasteiger partial charge in [0, 0.05) is 6.54 Å². The van der Waals surface area contributed by atoms with Crippen LogP contribution in [-0.4, -0.2) is 34.1 Å². The molecule has 1 aliphatic rings. The van der Waals surface area contributed by atoms with Crippen LogP contribution in [0.25, 0.3) is 0 Å². The first-order valence-electron chi connectivity index (χ1n) is 4.34. The van der Waals surface area contributed by atoms with Gasteiger partial charge in [0.25, 0.3) is 0 Å². The lowest BCUT2D eigenvalue weighted by Crippen LogP contribution is -2.55. The summed E-state index contributed by atoms with van der Waals surface area (Å²) in [7, 11) is 0. The summed E-state index contributed by atoms with van der Waals surface area (Å²) in [5.74, 6) is 0.481. The third kappa shape index (κ3) is 1.55. The molecule has 0 radical (unpaired) electrons. The van der Waals surface area contributed by atoms with E-state index < -0.39 is 0 Å². The van der Waals surface area contributed by atoms with Gasteiger partial charge < -0.3 is 10.3 Å². The van der Waals surface area contributed by atoms with E-state index in [1.807, 2.05) is 6.92 Å². The SMILES string of the molecule is CCC1CC(O)C1N(O)CC. The molecule has 1 fully saturated rings. The fourth-order valence-corrected chi connectivity index (χ4v) is 1.77. The van der Waals surface area contributed by atoms with Gasteiger partial charge >= 0.3 is 0 Å². The molecule has 0 heterocycles. The van der Waals surface area contributed by atoms with Crippen molar-refractivity contribution in [1.82, 2.24) is 5.06 Å². The van der Waals surface area contributed by atoms with Crippen molar-refractivity contribution in [3.05, 3.63) is 0 Å². The summed E-state index contributed by atoms with van der Waals surface area (Å²) >= 11 is 0. The molecule has 1 rings (SSSR count). The Kier molecular flexibility index (Phi) is 2.87. The lowest BCUT2D eigenvalue weighted by atomic mass is 9.75. The normalized spacial score (nSPS) is 37.4. The molecular weight excluding hydrogens is 142 g/mol. The van der Waals surface area contributed by atoms with Gasteiger partial charge in [-0.05, 0) is 12.3 Å². The number of hydrogen-bond acceptors (Lipinski definition) is 3. The molecule has 3 unspecified atom stereocenters. The molecule has 0 spiro atoms. The highest BCUT2D eigenvalue weighted by molar-refractivity contribution is 4.93. The van der Waals surface area contributed by atoms with E-state index in [1.54, 1.807) is 0 Å². The third-order valence-electron chi connectivity index (χ3n) is 2.61. The van der Waals surface area contributed by atoms with Crippen molar-refractivity contribution < 1.29 is 10.3 Å². The molecule has 2 N–H and O–H groups in total. The average molecular weight is 159 g/mol. The van der Waals surface area contributed by atoms with Gasteiger partial charge in [-0.1, -0.05) is 20.3 Å². The average Bonchev–Trinajstić information content (AvgIpc) is 1.99. The van der Waals surface area contributed by atoms with Crippen molar-refractivity contribution in [2.24, 2.45) is 5.92 Å². The van der Waals surface area contributed by atoms with Gasteiger partial charge in [-0.15, -0.1) is 0 Å². The molecule has 1 aliphatic carbocycles. The second kappa shape index (κ2) is 3.52. The van der Waals surface area contributed by atoms with Crippen LogP contribution in [0.1, 0.15) is 26.7 Å². The summed E-state index contributed by atoms with van der Waals surface area (Å²) in [6.45, 7) is 4.57. The molecule has 3 heteroatoms. The zero-order valence-corrected chi connectivity index (χ0v) is 7.20. The summed E-state index contributed by atoms with van der Waals surface area (Å²) in [6.07, 6.45) is 1.57. The monoisotopic (exact) mass is 159 g/mol. The van der Waals surface area contributed by atoms with Crippen LogP contribution >= 0.6 is 0 Å². The maximum atomic E-state index is 9.32. The first-order valence-corrected chi connectivity index (χ1v) is 4.34. The number of aliphatic hydroxyl groups excluding tert-OH is 1. The zero-order chi connectivity index (χ0) is 8.43. The molecule has 3 atom stereocenters. The number of nitrogens with zero attached hydrogens (tertiary/aromatic N) is 1. The van der Waals surface area contributed by atoms with Crippen molar-refractivity contribution in [2.45, 2.75) is 38.8 Å². The summed E-state index contributed by atoms with van der Waals surface area (Å²) in [5, 5.41) is 19.9. The van der Waals surface area contributed by atoms with E-state index in [0.29, 0.717) is 12.5 Å². The van der Waals surface area contributed by atoms with Crippen LogP contribution in [0.3, 0.4) is 0 Å². The molecule has 66 valence electrons. The second-order valence-corrected chi connectivity index (χ2v) is 3.22. The Morgan fingerprint density at radius 2 is 2.09 bits per heavy atom. The number of likely N-dealkylation sites (N-methyl/N-ethyl adjacent to an activating group) is 1. The molecule has 0 aliphatic heterocycles. The van der Waals surface area contributed by atoms with Crippen LogP contribution in [0.15, 0.2) is 0 Å². The van der Waals surface area contributed by atoms with Crippen LogP contribution in [0.2, 0.25) is 0 Å². The van der Waals surface area contributed by atoms with E-state index in [1.165, 1.54) is 5.06 Å². The van der Waals surface area contributed by atoms with Crippen molar-refractivity contribution in [1.29, 1.82) is 0 Å². The minimum absolute atomic E-state index is 0.00926. The number of hydroxylamine groups is 2. The van der Waals surface area contributed by atoms with Crippen LogP contribution < -0.4 is 0 Å². The Balaban J connectivity index is 2.41. The summed E-state index contributed by atoms with van der Waals surface area (Å²) in [5.41, 5.74) is 0. The summed E-state index contributed by atoms with van der Waals surface area (Å²) in [4.78, 5) is 0. The third-order valence-corrected chi connectivity index (χ3v) is 2.61. The predicted molar refractivity (Wildman–Crippen MR) is 42.4 cm³/mol. The maximum absolute atomic E-state index is 9.32. The quantitative estimate of drug-likeness (QED) is 0.600. The van der Waals surface area contributed by atoms with Crippen LogP contribution in [0, 0.1) is 5.92 Å². The number of hydrogen-bond donors (Lipinski definition) is 2. The van der Waals surface area contributed by atoms with E-state index >= 15 is 0 Å². The van der Waals surface area contributed by atoms with Gasteiger partial charge in [0.15, 0.2) is 0 Å². The van der Waals surface area contributed by atoms with Gasteiger partial charge in [-0.25, -0.2) is 0 Å². The minimum Gasteiger partial charge on any atom is -0.391 e. The Hall–Kier alpha value is -0.120. The molecule has 0 amide bonds. The first kappa shape index (κ1) is 8.97. The molecule has 11 heavy (non-hydrogen) atoms. The molecule has 0 aromatic carbocycles. The standard InChI is InChI=1S/C8H17NO2/c1-3-6-5-7(10)8(6)9(11)4-2/h6-8,10-11H,3-5H2,1-2H3. The lowest BCUT2D eigenvalue weighted by molar-refractivity contribution is -0.206. The fourth-order valence-electron chi connectivity index (χ4n) is 1.77. The lowest BCUT2D eigenvalue weighted by Gasteiger charge is -2.44. The van der Waals surface area contributed by atoms with Crippen molar-refractivity contribution >= 4 is 0 Å². The molecular formula is C8H17NO2. The van der Waals surface area contributed by atoms with Crippen molar-refractivity contribution in [2.75, 3.05) is 6.54 Å². The number of rotatable bonds is 3. The van der Waals surface area contributed by atoms with Crippen molar-refractivity contribution in [3.8, 4) is 0 Å². The molecule has 0 bridgehead atoms. The van der Waals surface area contributed by atoms with Gasteiger partial charge in [-0.3, -0.25) is 0 Å². The first-order chi connectivity index (χ1) is 5.20. The number of aliphatic hydroxyl groups is 1. The largest absolute Gasteiger partial charge is 0.391 e. The van der Waals surface area contributed by atoms with Crippen molar-refractivity contribution in [3.63, 3.8) is 0 Å². The van der Waals surface area contributed by atoms with E-state index in [9.17, 15) is 10.3 Å². The second-order valence-electron chi connectivity index (χ2n) is 3.22. The van der Waals surface area contributed by atoms with Gasteiger partial charge in [0.1, 0.15) is 0 Å². The highest BCUT2D eigenvalue weighted by atomic mass is 16.5. The van der Waals surface area contributed by atoms with Gasteiger partial charge in [0.05, 0.1) is 12.1 Å². The van der Waals surface area contributed by atoms with E-state index in [0.717, 1.165) is 12.8 Å². The fraction of sp³-hybridized carbons (Fsp3) is 1.00. The Morgan fingerprint density at radius 3 is 2.45 bits per heavy atom. The summed E-state index contributed by atoms with van der Waals surface area (Å²) < 4.78 is 0. The Labute approximate surface area is 67.6 Å². The Morgan fingerprint density at radius 1 is 1.45 bits per heavy atom.